The van der Waals surface area contributed by atoms with Crippen molar-refractivity contribution >= 4 is 33.1 Å². The molecule has 9 nitrogen and oxygen atoms in total. The summed E-state index contributed by atoms with van der Waals surface area (Å²) < 4.78 is 14.0. The van der Waals surface area contributed by atoms with Gasteiger partial charge in [-0.2, -0.15) is 0 Å². The van der Waals surface area contributed by atoms with Gasteiger partial charge >= 0.3 is 6.09 Å². The smallest absolute Gasteiger partial charge is 0.410 e. The summed E-state index contributed by atoms with van der Waals surface area (Å²) in [6, 6.07) is 13.5. The van der Waals surface area contributed by atoms with Crippen LogP contribution in [-0.2, 0) is 17.9 Å². The van der Waals surface area contributed by atoms with Crippen molar-refractivity contribution in [3.05, 3.63) is 52.5 Å². The van der Waals surface area contributed by atoms with E-state index in [0.717, 1.165) is 27.6 Å². The Balaban J connectivity index is 1.05. The van der Waals surface area contributed by atoms with Gasteiger partial charge in [-0.3, -0.25) is 4.90 Å². The first kappa shape index (κ1) is 24.0. The molecule has 0 bridgehead atoms. The number of halogens is 1. The third-order valence-corrected chi connectivity index (χ3v) is 7.22. The van der Waals surface area contributed by atoms with E-state index in [-0.39, 0.29) is 19.3 Å². The van der Waals surface area contributed by atoms with Crippen molar-refractivity contribution in [1.29, 1.82) is 0 Å². The van der Waals surface area contributed by atoms with Crippen LogP contribution in [-0.4, -0.2) is 81.4 Å². The van der Waals surface area contributed by atoms with Crippen molar-refractivity contribution in [1.82, 2.24) is 24.8 Å². The van der Waals surface area contributed by atoms with Crippen LogP contribution in [0.25, 0.3) is 11.0 Å². The molecule has 10 heteroatoms. The van der Waals surface area contributed by atoms with Gasteiger partial charge in [0.15, 0.2) is 0 Å². The maximum Gasteiger partial charge on any atom is 0.410 e. The number of benzene rings is 2. The second-order valence-corrected chi connectivity index (χ2v) is 10.0. The van der Waals surface area contributed by atoms with Gasteiger partial charge in [-0.25, -0.2) is 9.48 Å². The average molecular weight is 544 g/mol. The van der Waals surface area contributed by atoms with Gasteiger partial charge < -0.3 is 19.5 Å². The highest BCUT2D eigenvalue weighted by molar-refractivity contribution is 9.10. The number of carbonyl (C=O) groups is 1. The van der Waals surface area contributed by atoms with E-state index in [1.807, 2.05) is 47.1 Å². The Morgan fingerprint density at radius 2 is 1.89 bits per heavy atom. The quantitative estimate of drug-likeness (QED) is 0.442. The SMILES string of the molecule is O=C(OCc1ccccc1)N1CCN(CC(O)COc2ccc3c(nnn3CC3CC3)c2Br)CC1. The largest absolute Gasteiger partial charge is 0.490 e. The molecule has 3 aromatic rings. The standard InChI is InChI=1S/C25H30BrN5O4/c26-23-22(9-8-21-24(23)27-28-31(21)14-18-6-7-18)34-17-20(32)15-29-10-12-30(13-11-29)25(33)35-16-19-4-2-1-3-5-19/h1-5,8-9,18,20,32H,6-7,10-17H2. The monoisotopic (exact) mass is 543 g/mol. The van der Waals surface area contributed by atoms with Crippen molar-refractivity contribution in [3.8, 4) is 5.75 Å². The van der Waals surface area contributed by atoms with E-state index < -0.39 is 6.10 Å². The molecule has 0 radical (unpaired) electrons. The van der Waals surface area contributed by atoms with Crippen LogP contribution >= 0.6 is 15.9 Å². The van der Waals surface area contributed by atoms with Gasteiger partial charge in [0.2, 0.25) is 0 Å². The number of amides is 1. The minimum absolute atomic E-state index is 0.166. The molecule has 5 rings (SSSR count). The lowest BCUT2D eigenvalue weighted by Gasteiger charge is -2.35. The molecule has 0 spiro atoms. The zero-order valence-corrected chi connectivity index (χ0v) is 21.1. The Kier molecular flexibility index (Phi) is 7.50. The normalized spacial score (nSPS) is 17.5. The molecular weight excluding hydrogens is 514 g/mol. The summed E-state index contributed by atoms with van der Waals surface area (Å²) in [6.45, 7) is 4.31. The van der Waals surface area contributed by atoms with Crippen LogP contribution in [0.4, 0.5) is 4.79 Å². The molecule has 1 saturated heterocycles. The van der Waals surface area contributed by atoms with Crippen molar-refractivity contribution < 1.29 is 19.4 Å². The second kappa shape index (κ2) is 10.9. The summed E-state index contributed by atoms with van der Waals surface area (Å²) in [5, 5.41) is 19.1. The van der Waals surface area contributed by atoms with Crippen LogP contribution in [0.3, 0.4) is 0 Å². The van der Waals surface area contributed by atoms with E-state index in [2.05, 4.69) is 31.1 Å². The number of aromatic nitrogens is 3. The Hall–Kier alpha value is -2.69. The number of piperazine rings is 1. The highest BCUT2D eigenvalue weighted by Crippen LogP contribution is 2.34. The third kappa shape index (κ3) is 6.12. The highest BCUT2D eigenvalue weighted by atomic mass is 79.9. The maximum absolute atomic E-state index is 12.3. The molecule has 1 unspecified atom stereocenters. The molecule has 1 saturated carbocycles. The van der Waals surface area contributed by atoms with Crippen molar-refractivity contribution in [2.45, 2.75) is 32.1 Å². The summed E-state index contributed by atoms with van der Waals surface area (Å²) in [4.78, 5) is 16.2. The van der Waals surface area contributed by atoms with Crippen molar-refractivity contribution in [2.24, 2.45) is 5.92 Å². The van der Waals surface area contributed by atoms with Gasteiger partial charge in [-0.1, -0.05) is 35.5 Å². The lowest BCUT2D eigenvalue weighted by Crippen LogP contribution is -2.51. The Labute approximate surface area is 212 Å². The third-order valence-electron chi connectivity index (χ3n) is 6.45. The average Bonchev–Trinajstić information content (AvgIpc) is 3.61. The van der Waals surface area contributed by atoms with E-state index >= 15 is 0 Å². The van der Waals surface area contributed by atoms with Gasteiger partial charge in [0.1, 0.15) is 30.6 Å². The van der Waals surface area contributed by atoms with Gasteiger partial charge in [0.05, 0.1) is 9.99 Å². The molecule has 1 aromatic heterocycles. The van der Waals surface area contributed by atoms with Crippen LogP contribution in [0.1, 0.15) is 18.4 Å². The van der Waals surface area contributed by atoms with E-state index in [1.165, 1.54) is 12.8 Å². The minimum Gasteiger partial charge on any atom is -0.490 e. The molecule has 1 aliphatic carbocycles. The molecule has 1 aliphatic heterocycles. The highest BCUT2D eigenvalue weighted by Gasteiger charge is 2.25. The number of fused-ring (bicyclic) bond motifs is 1. The molecule has 2 heterocycles. The fourth-order valence-corrected chi connectivity index (χ4v) is 4.77. The number of nitrogens with zero attached hydrogens (tertiary/aromatic N) is 5. The molecule has 2 fully saturated rings. The van der Waals surface area contributed by atoms with Crippen LogP contribution in [0, 0.1) is 5.92 Å². The van der Waals surface area contributed by atoms with Crippen LogP contribution in [0.15, 0.2) is 46.9 Å². The predicted molar refractivity (Wildman–Crippen MR) is 134 cm³/mol. The zero-order valence-electron chi connectivity index (χ0n) is 19.6. The second-order valence-electron chi connectivity index (χ2n) is 9.25. The van der Waals surface area contributed by atoms with Gasteiger partial charge in [0, 0.05) is 39.3 Å². The number of hydrogen-bond donors (Lipinski definition) is 1. The lowest BCUT2D eigenvalue weighted by molar-refractivity contribution is 0.0383. The lowest BCUT2D eigenvalue weighted by atomic mass is 10.2. The molecule has 186 valence electrons. The molecule has 1 amide bonds. The summed E-state index contributed by atoms with van der Waals surface area (Å²) in [5.41, 5.74) is 2.72. The molecule has 35 heavy (non-hydrogen) atoms. The number of β-amino-alcohol motifs (C(OH)–C–C–N with tert-alkyl or cyclic N) is 1. The predicted octanol–water partition coefficient (Wildman–Crippen LogP) is 3.30. The Morgan fingerprint density at radius 1 is 1.11 bits per heavy atom. The van der Waals surface area contributed by atoms with Crippen LogP contribution < -0.4 is 4.74 Å². The number of hydrogen-bond acceptors (Lipinski definition) is 7. The number of ether oxygens (including phenoxy) is 2. The number of aliphatic hydroxyl groups is 1. The zero-order chi connectivity index (χ0) is 24.2. The molecular formula is C25H30BrN5O4. The molecule has 1 atom stereocenters. The number of carbonyl (C=O) groups excluding carboxylic acids is 1. The number of aliphatic hydroxyl groups excluding tert-OH is 1. The fraction of sp³-hybridized carbons (Fsp3) is 0.480. The number of rotatable bonds is 9. The van der Waals surface area contributed by atoms with E-state index in [0.29, 0.717) is 44.4 Å². The molecule has 2 aromatic carbocycles. The summed E-state index contributed by atoms with van der Waals surface area (Å²) >= 11 is 3.59. The van der Waals surface area contributed by atoms with E-state index in [1.54, 1.807) is 4.90 Å². The Morgan fingerprint density at radius 3 is 2.63 bits per heavy atom. The first-order valence-electron chi connectivity index (χ1n) is 12.1. The van der Waals surface area contributed by atoms with E-state index in [9.17, 15) is 9.90 Å². The summed E-state index contributed by atoms with van der Waals surface area (Å²) in [6.07, 6.45) is 1.57. The first-order valence-corrected chi connectivity index (χ1v) is 12.9. The molecule has 1 N–H and O–H groups in total. The fourth-order valence-electron chi connectivity index (χ4n) is 4.24. The van der Waals surface area contributed by atoms with Crippen molar-refractivity contribution in [2.75, 3.05) is 39.3 Å². The summed E-state index contributed by atoms with van der Waals surface area (Å²) in [7, 11) is 0. The molecule has 2 aliphatic rings. The minimum atomic E-state index is -0.653. The van der Waals surface area contributed by atoms with Gasteiger partial charge in [-0.15, -0.1) is 5.10 Å². The van der Waals surface area contributed by atoms with Crippen LogP contribution in [0.2, 0.25) is 0 Å². The maximum atomic E-state index is 12.3. The topological polar surface area (TPSA) is 93.0 Å². The van der Waals surface area contributed by atoms with Crippen LogP contribution in [0.5, 0.6) is 5.75 Å². The van der Waals surface area contributed by atoms with Gasteiger partial charge in [0.25, 0.3) is 0 Å². The van der Waals surface area contributed by atoms with E-state index in [4.69, 9.17) is 9.47 Å². The summed E-state index contributed by atoms with van der Waals surface area (Å²) in [5.74, 6) is 1.35. The van der Waals surface area contributed by atoms with Gasteiger partial charge in [-0.05, 0) is 52.4 Å². The first-order chi connectivity index (χ1) is 17.1. The Bertz CT molecular complexity index is 1150. The van der Waals surface area contributed by atoms with Crippen molar-refractivity contribution in [3.63, 3.8) is 0 Å².